The van der Waals surface area contributed by atoms with Crippen LogP contribution in [0.3, 0.4) is 0 Å². The largest absolute Gasteiger partial charge is 0.396 e. The number of halogens is 1. The average Bonchev–Trinajstić information content (AvgIpc) is 2.30. The summed E-state index contributed by atoms with van der Waals surface area (Å²) in [4.78, 5) is 6.54. The van der Waals surface area contributed by atoms with Crippen molar-refractivity contribution in [2.24, 2.45) is 0 Å². The van der Waals surface area contributed by atoms with Crippen molar-refractivity contribution in [1.29, 1.82) is 0 Å². The van der Waals surface area contributed by atoms with Gasteiger partial charge in [-0.3, -0.25) is 0 Å². The monoisotopic (exact) mass is 284 g/mol. The molecule has 1 saturated heterocycles. The van der Waals surface area contributed by atoms with Gasteiger partial charge < -0.3 is 10.0 Å². The molecule has 3 nitrogen and oxygen atoms in total. The minimum atomic E-state index is 0.271. The minimum Gasteiger partial charge on any atom is -0.396 e. The smallest absolute Gasteiger partial charge is 0.108 e. The van der Waals surface area contributed by atoms with Crippen LogP contribution in [0.4, 0.5) is 5.69 Å². The highest BCUT2D eigenvalue weighted by atomic mass is 79.9. The summed E-state index contributed by atoms with van der Waals surface area (Å²) < 4.78 is 0.873. The number of hydrogen-bond donors (Lipinski definition) is 1. The van der Waals surface area contributed by atoms with Crippen LogP contribution in [0, 0.1) is 0 Å². The van der Waals surface area contributed by atoms with E-state index in [1.807, 2.05) is 12.3 Å². The van der Waals surface area contributed by atoms with Crippen molar-refractivity contribution >= 4 is 21.6 Å². The van der Waals surface area contributed by atoms with Crippen LogP contribution >= 0.6 is 15.9 Å². The van der Waals surface area contributed by atoms with Gasteiger partial charge in [0.25, 0.3) is 0 Å². The number of aliphatic hydroxyl groups excluding tert-OH is 1. The van der Waals surface area contributed by atoms with E-state index in [9.17, 15) is 0 Å². The minimum absolute atomic E-state index is 0.271. The molecule has 0 aromatic carbocycles. The van der Waals surface area contributed by atoms with Gasteiger partial charge >= 0.3 is 0 Å². The second-order valence-corrected chi connectivity index (χ2v) is 5.00. The van der Waals surface area contributed by atoms with Crippen molar-refractivity contribution in [3.05, 3.63) is 22.9 Å². The van der Waals surface area contributed by atoms with Crippen molar-refractivity contribution in [2.75, 3.05) is 18.1 Å². The van der Waals surface area contributed by atoms with Gasteiger partial charge in [0, 0.05) is 31.1 Å². The van der Waals surface area contributed by atoms with Gasteiger partial charge in [-0.2, -0.15) is 0 Å². The van der Waals surface area contributed by atoms with Crippen molar-refractivity contribution in [1.82, 2.24) is 4.98 Å². The molecule has 0 bridgehead atoms. The van der Waals surface area contributed by atoms with E-state index in [-0.39, 0.29) is 6.61 Å². The molecule has 1 aromatic rings. The van der Waals surface area contributed by atoms with Crippen LogP contribution in [0.25, 0.3) is 0 Å². The maximum atomic E-state index is 9.09. The first-order valence-electron chi connectivity index (χ1n) is 5.80. The van der Waals surface area contributed by atoms with Crippen LogP contribution in [0.1, 0.15) is 25.7 Å². The molecule has 1 aromatic heterocycles. The molecule has 1 fully saturated rings. The fourth-order valence-electron chi connectivity index (χ4n) is 2.36. The number of pyridine rings is 1. The molecule has 1 unspecified atom stereocenters. The van der Waals surface area contributed by atoms with Gasteiger partial charge in [-0.25, -0.2) is 4.98 Å². The third-order valence-electron chi connectivity index (χ3n) is 3.13. The van der Waals surface area contributed by atoms with E-state index < -0.39 is 0 Å². The summed E-state index contributed by atoms with van der Waals surface area (Å²) in [7, 11) is 0. The first-order valence-corrected chi connectivity index (χ1v) is 6.59. The van der Waals surface area contributed by atoms with Crippen molar-refractivity contribution in [2.45, 2.75) is 31.7 Å². The zero-order chi connectivity index (χ0) is 11.4. The van der Waals surface area contributed by atoms with Gasteiger partial charge in [0.2, 0.25) is 0 Å². The summed E-state index contributed by atoms with van der Waals surface area (Å²) >= 11 is 3.40. The molecule has 2 rings (SSSR count). The fraction of sp³-hybridized carbons (Fsp3) is 0.583. The SMILES string of the molecule is OCCC1CCCCN1c1ccnc(Br)c1. The number of piperidine rings is 1. The molecule has 2 heterocycles. The van der Waals surface area contributed by atoms with Crippen molar-refractivity contribution < 1.29 is 5.11 Å². The highest BCUT2D eigenvalue weighted by Crippen LogP contribution is 2.27. The Morgan fingerprint density at radius 2 is 2.38 bits per heavy atom. The van der Waals surface area contributed by atoms with E-state index >= 15 is 0 Å². The number of aliphatic hydroxyl groups is 1. The van der Waals surface area contributed by atoms with Crippen LogP contribution in [-0.4, -0.2) is 29.3 Å². The van der Waals surface area contributed by atoms with E-state index in [2.05, 4.69) is 31.9 Å². The van der Waals surface area contributed by atoms with Gasteiger partial charge in [-0.05, 0) is 53.7 Å². The molecule has 88 valence electrons. The van der Waals surface area contributed by atoms with Crippen LogP contribution in [0.5, 0.6) is 0 Å². The lowest BCUT2D eigenvalue weighted by molar-refractivity contribution is 0.262. The first kappa shape index (κ1) is 11.9. The van der Waals surface area contributed by atoms with Gasteiger partial charge in [0.15, 0.2) is 0 Å². The fourth-order valence-corrected chi connectivity index (χ4v) is 2.71. The molecule has 4 heteroatoms. The summed E-state index contributed by atoms with van der Waals surface area (Å²) in [5, 5.41) is 9.09. The highest BCUT2D eigenvalue weighted by Gasteiger charge is 2.22. The first-order chi connectivity index (χ1) is 7.81. The molecular weight excluding hydrogens is 268 g/mol. The molecule has 0 spiro atoms. The predicted molar refractivity (Wildman–Crippen MR) is 68.6 cm³/mol. The molecule has 0 saturated carbocycles. The Balaban J connectivity index is 2.16. The molecule has 1 aliphatic heterocycles. The number of nitrogens with zero attached hydrogens (tertiary/aromatic N) is 2. The maximum Gasteiger partial charge on any atom is 0.108 e. The molecule has 0 aliphatic carbocycles. The Morgan fingerprint density at radius 1 is 1.50 bits per heavy atom. The molecular formula is C12H17BrN2O. The quantitative estimate of drug-likeness (QED) is 0.867. The zero-order valence-electron chi connectivity index (χ0n) is 9.27. The van der Waals surface area contributed by atoms with Gasteiger partial charge in [-0.1, -0.05) is 0 Å². The van der Waals surface area contributed by atoms with E-state index in [1.165, 1.54) is 24.9 Å². The maximum absolute atomic E-state index is 9.09. The standard InChI is InChI=1S/C12H17BrN2O/c13-12-9-11(4-6-14-12)15-7-2-1-3-10(15)5-8-16/h4,6,9-10,16H,1-3,5,7-8H2. The van der Waals surface area contributed by atoms with Crippen LogP contribution in [-0.2, 0) is 0 Å². The zero-order valence-corrected chi connectivity index (χ0v) is 10.9. The molecule has 1 N–H and O–H groups in total. The van der Waals surface area contributed by atoms with Gasteiger partial charge in [0.05, 0.1) is 0 Å². The Bertz CT molecular complexity index is 344. The van der Waals surface area contributed by atoms with Gasteiger partial charge in [0.1, 0.15) is 4.60 Å². The Hall–Kier alpha value is -0.610. The summed E-state index contributed by atoms with van der Waals surface area (Å²) in [5.74, 6) is 0. The lowest BCUT2D eigenvalue weighted by Crippen LogP contribution is -2.40. The van der Waals surface area contributed by atoms with E-state index in [1.54, 1.807) is 0 Å². The van der Waals surface area contributed by atoms with E-state index in [0.717, 1.165) is 17.6 Å². The topological polar surface area (TPSA) is 36.4 Å². The van der Waals surface area contributed by atoms with E-state index in [0.29, 0.717) is 6.04 Å². The van der Waals surface area contributed by atoms with Crippen molar-refractivity contribution in [3.63, 3.8) is 0 Å². The van der Waals surface area contributed by atoms with Crippen molar-refractivity contribution in [3.8, 4) is 0 Å². The molecule has 1 aliphatic rings. The Morgan fingerprint density at radius 3 is 3.12 bits per heavy atom. The molecule has 0 radical (unpaired) electrons. The second kappa shape index (κ2) is 5.64. The normalized spacial score (nSPS) is 21.1. The predicted octanol–water partition coefficient (Wildman–Crippen LogP) is 2.59. The lowest BCUT2D eigenvalue weighted by atomic mass is 9.99. The Kier molecular flexibility index (Phi) is 4.18. The third-order valence-corrected chi connectivity index (χ3v) is 3.56. The molecule has 1 atom stereocenters. The number of anilines is 1. The summed E-state index contributed by atoms with van der Waals surface area (Å²) in [5.41, 5.74) is 1.21. The number of hydrogen-bond acceptors (Lipinski definition) is 3. The molecule has 0 amide bonds. The van der Waals surface area contributed by atoms with Crippen LogP contribution in [0.2, 0.25) is 0 Å². The molecule has 16 heavy (non-hydrogen) atoms. The Labute approximate surface area is 105 Å². The number of rotatable bonds is 3. The average molecular weight is 285 g/mol. The van der Waals surface area contributed by atoms with E-state index in [4.69, 9.17) is 5.11 Å². The summed E-state index contributed by atoms with van der Waals surface area (Å²) in [6.07, 6.45) is 6.37. The second-order valence-electron chi connectivity index (χ2n) is 4.19. The van der Waals surface area contributed by atoms with Crippen LogP contribution < -0.4 is 4.90 Å². The van der Waals surface area contributed by atoms with Gasteiger partial charge in [-0.15, -0.1) is 0 Å². The highest BCUT2D eigenvalue weighted by molar-refractivity contribution is 9.10. The van der Waals surface area contributed by atoms with Crippen LogP contribution in [0.15, 0.2) is 22.9 Å². The number of aromatic nitrogens is 1. The summed E-state index contributed by atoms with van der Waals surface area (Å²) in [6.45, 7) is 1.36. The lowest BCUT2D eigenvalue weighted by Gasteiger charge is -2.37. The summed E-state index contributed by atoms with van der Waals surface area (Å²) in [6, 6.07) is 4.57. The third kappa shape index (κ3) is 2.74.